The third-order valence-electron chi connectivity index (χ3n) is 3.30. The molecule has 16 heavy (non-hydrogen) atoms. The molecule has 1 saturated heterocycles. The molecule has 0 aromatic heterocycles. The van der Waals surface area contributed by atoms with Crippen LogP contribution in [0.3, 0.4) is 0 Å². The lowest BCUT2D eigenvalue weighted by Crippen LogP contribution is -2.40. The van der Waals surface area contributed by atoms with E-state index in [9.17, 15) is 4.79 Å². The molecular weight excluding hydrogens is 220 g/mol. The lowest BCUT2D eigenvalue weighted by molar-refractivity contribution is -0.135. The second-order valence-corrected chi connectivity index (χ2v) is 5.87. The summed E-state index contributed by atoms with van der Waals surface area (Å²) < 4.78 is 0. The molecule has 2 unspecified atom stereocenters. The summed E-state index contributed by atoms with van der Waals surface area (Å²) in [6, 6.07) is 0.368. The number of nitrogens with zero attached hydrogens (tertiary/aromatic N) is 1. The first kappa shape index (κ1) is 13.8. The van der Waals surface area contributed by atoms with E-state index in [-0.39, 0.29) is 5.92 Å². The molecule has 4 heteroatoms. The smallest absolute Gasteiger partial charge is 0.226 e. The van der Waals surface area contributed by atoms with Crippen molar-refractivity contribution in [3.05, 3.63) is 0 Å². The molecule has 1 N–H and O–H groups in total. The van der Waals surface area contributed by atoms with Crippen molar-refractivity contribution in [3.63, 3.8) is 0 Å². The molecule has 2 atom stereocenters. The maximum atomic E-state index is 12.1. The van der Waals surface area contributed by atoms with Gasteiger partial charge < -0.3 is 10.2 Å². The quantitative estimate of drug-likeness (QED) is 0.720. The Hall–Kier alpha value is -0.220. The predicted molar refractivity (Wildman–Crippen MR) is 70.8 cm³/mol. The second kappa shape index (κ2) is 7.17. The topological polar surface area (TPSA) is 32.3 Å². The molecule has 1 heterocycles. The van der Waals surface area contributed by atoms with Crippen LogP contribution in [0, 0.1) is 5.92 Å². The van der Waals surface area contributed by atoms with Gasteiger partial charge in [0.15, 0.2) is 0 Å². The largest absolute Gasteiger partial charge is 0.343 e. The van der Waals surface area contributed by atoms with Gasteiger partial charge in [-0.2, -0.15) is 11.8 Å². The van der Waals surface area contributed by atoms with Gasteiger partial charge in [0.25, 0.3) is 0 Å². The zero-order valence-corrected chi connectivity index (χ0v) is 11.5. The highest BCUT2D eigenvalue weighted by molar-refractivity contribution is 7.99. The summed E-state index contributed by atoms with van der Waals surface area (Å²) in [4.78, 5) is 14.0. The summed E-state index contributed by atoms with van der Waals surface area (Å²) in [6.45, 7) is 6.18. The number of carbonyl (C=O) groups is 1. The molecule has 0 radical (unpaired) electrons. The van der Waals surface area contributed by atoms with Crippen molar-refractivity contribution in [1.29, 1.82) is 0 Å². The van der Waals surface area contributed by atoms with Crippen LogP contribution in [-0.2, 0) is 4.79 Å². The number of nitrogens with one attached hydrogen (secondary N) is 1. The summed E-state index contributed by atoms with van der Waals surface area (Å²) in [7, 11) is 1.95. The molecule has 0 bridgehead atoms. The van der Waals surface area contributed by atoms with E-state index in [0.29, 0.717) is 11.9 Å². The van der Waals surface area contributed by atoms with Crippen LogP contribution in [-0.4, -0.2) is 48.5 Å². The lowest BCUT2D eigenvalue weighted by Gasteiger charge is -2.27. The molecule has 3 nitrogen and oxygen atoms in total. The average molecular weight is 244 g/mol. The molecular formula is C12H24N2OS. The number of rotatable bonds is 6. The van der Waals surface area contributed by atoms with E-state index in [2.05, 4.69) is 19.2 Å². The maximum Gasteiger partial charge on any atom is 0.226 e. The fourth-order valence-electron chi connectivity index (χ4n) is 1.96. The van der Waals surface area contributed by atoms with E-state index in [0.717, 1.165) is 37.4 Å². The second-order valence-electron chi connectivity index (χ2n) is 4.47. The van der Waals surface area contributed by atoms with Crippen LogP contribution < -0.4 is 5.32 Å². The van der Waals surface area contributed by atoms with Crippen LogP contribution >= 0.6 is 11.8 Å². The minimum Gasteiger partial charge on any atom is -0.343 e. The Morgan fingerprint density at radius 2 is 2.38 bits per heavy atom. The molecule has 0 saturated carbocycles. The number of amides is 1. The van der Waals surface area contributed by atoms with Crippen LogP contribution in [0.4, 0.5) is 0 Å². The van der Waals surface area contributed by atoms with Crippen LogP contribution in [0.5, 0.6) is 0 Å². The first-order chi connectivity index (χ1) is 7.66. The van der Waals surface area contributed by atoms with Crippen molar-refractivity contribution in [2.45, 2.75) is 32.7 Å². The Labute approximate surface area is 103 Å². The third kappa shape index (κ3) is 3.98. The monoisotopic (exact) mass is 244 g/mol. The number of hydrogen-bond acceptors (Lipinski definition) is 3. The van der Waals surface area contributed by atoms with Crippen molar-refractivity contribution in [2.75, 3.05) is 31.6 Å². The van der Waals surface area contributed by atoms with Crippen molar-refractivity contribution < 1.29 is 4.79 Å². The van der Waals surface area contributed by atoms with Crippen LogP contribution in [0.1, 0.15) is 26.7 Å². The molecule has 1 aliphatic heterocycles. The molecule has 1 aliphatic rings. The summed E-state index contributed by atoms with van der Waals surface area (Å²) in [6.07, 6.45) is 2.10. The zero-order chi connectivity index (χ0) is 12.0. The Bertz CT molecular complexity index is 217. The Morgan fingerprint density at radius 1 is 1.62 bits per heavy atom. The van der Waals surface area contributed by atoms with Crippen molar-refractivity contribution in [3.8, 4) is 0 Å². The molecule has 1 fully saturated rings. The van der Waals surface area contributed by atoms with Gasteiger partial charge in [-0.1, -0.05) is 6.92 Å². The first-order valence-electron chi connectivity index (χ1n) is 6.22. The van der Waals surface area contributed by atoms with Gasteiger partial charge in [0.2, 0.25) is 5.91 Å². The predicted octanol–water partition coefficient (Wildman–Crippen LogP) is 1.59. The summed E-state index contributed by atoms with van der Waals surface area (Å²) in [5.41, 5.74) is 0. The van der Waals surface area contributed by atoms with E-state index in [4.69, 9.17) is 0 Å². The number of thioether (sulfide) groups is 1. The van der Waals surface area contributed by atoms with E-state index in [1.165, 1.54) is 0 Å². The van der Waals surface area contributed by atoms with Crippen molar-refractivity contribution >= 4 is 17.7 Å². The Balaban J connectivity index is 2.30. The van der Waals surface area contributed by atoms with Gasteiger partial charge >= 0.3 is 0 Å². The molecule has 1 rings (SSSR count). The van der Waals surface area contributed by atoms with Gasteiger partial charge in [-0.25, -0.2) is 0 Å². The fraction of sp³-hybridized carbons (Fsp3) is 0.917. The van der Waals surface area contributed by atoms with Gasteiger partial charge in [0, 0.05) is 19.6 Å². The third-order valence-corrected chi connectivity index (χ3v) is 4.24. The number of hydrogen-bond donors (Lipinski definition) is 1. The van der Waals surface area contributed by atoms with Gasteiger partial charge in [-0.3, -0.25) is 4.79 Å². The normalized spacial score (nSPS) is 22.1. The molecule has 1 amide bonds. The fourth-order valence-corrected chi connectivity index (χ4v) is 2.76. The van der Waals surface area contributed by atoms with Gasteiger partial charge in [-0.05, 0) is 37.8 Å². The molecule has 0 aromatic rings. The van der Waals surface area contributed by atoms with E-state index in [1.54, 1.807) is 0 Å². The minimum absolute atomic E-state index is 0.214. The van der Waals surface area contributed by atoms with Crippen molar-refractivity contribution in [1.82, 2.24) is 10.2 Å². The zero-order valence-electron chi connectivity index (χ0n) is 10.7. The SMILES string of the molecule is CCSCCC(C)N(C)C(=O)C1CCNC1. The Kier molecular flexibility index (Phi) is 6.21. The lowest BCUT2D eigenvalue weighted by atomic mass is 10.1. The highest BCUT2D eigenvalue weighted by Gasteiger charge is 2.27. The molecule has 0 spiro atoms. The van der Waals surface area contributed by atoms with Gasteiger partial charge in [0.05, 0.1) is 5.92 Å². The van der Waals surface area contributed by atoms with Crippen LogP contribution in [0.25, 0.3) is 0 Å². The highest BCUT2D eigenvalue weighted by Crippen LogP contribution is 2.15. The van der Waals surface area contributed by atoms with Crippen molar-refractivity contribution in [2.24, 2.45) is 5.92 Å². The Morgan fingerprint density at radius 3 is 2.94 bits per heavy atom. The number of carbonyl (C=O) groups excluding carboxylic acids is 1. The van der Waals surface area contributed by atoms with Crippen LogP contribution in [0.2, 0.25) is 0 Å². The molecule has 0 aliphatic carbocycles. The van der Waals surface area contributed by atoms with Crippen LogP contribution in [0.15, 0.2) is 0 Å². The summed E-state index contributed by atoms with van der Waals surface area (Å²) in [5, 5.41) is 3.25. The standard InChI is InChI=1S/C12H24N2OS/c1-4-16-8-6-10(2)14(3)12(15)11-5-7-13-9-11/h10-11,13H,4-9H2,1-3H3. The molecule has 94 valence electrons. The summed E-state index contributed by atoms with van der Waals surface area (Å²) >= 11 is 1.95. The summed E-state index contributed by atoms with van der Waals surface area (Å²) in [5.74, 6) is 2.85. The first-order valence-corrected chi connectivity index (χ1v) is 7.37. The van der Waals surface area contributed by atoms with Gasteiger partial charge in [0.1, 0.15) is 0 Å². The maximum absolute atomic E-state index is 12.1. The van der Waals surface area contributed by atoms with E-state index >= 15 is 0 Å². The van der Waals surface area contributed by atoms with Gasteiger partial charge in [-0.15, -0.1) is 0 Å². The molecule has 0 aromatic carbocycles. The van der Waals surface area contributed by atoms with E-state index in [1.807, 2.05) is 23.7 Å². The minimum atomic E-state index is 0.214. The van der Waals surface area contributed by atoms with E-state index < -0.39 is 0 Å². The average Bonchev–Trinajstić information content (AvgIpc) is 2.80. The highest BCUT2D eigenvalue weighted by atomic mass is 32.2.